The minimum Gasteiger partial charge on any atom is -0.361 e. The van der Waals surface area contributed by atoms with E-state index in [1.54, 1.807) is 26.8 Å². The van der Waals surface area contributed by atoms with Crippen molar-refractivity contribution in [2.75, 3.05) is 5.32 Å². The van der Waals surface area contributed by atoms with Crippen molar-refractivity contribution in [1.29, 1.82) is 0 Å². The summed E-state index contributed by atoms with van der Waals surface area (Å²) >= 11 is 0. The van der Waals surface area contributed by atoms with Gasteiger partial charge in [-0.2, -0.15) is 0 Å². The molecule has 1 aromatic carbocycles. The van der Waals surface area contributed by atoms with Crippen LogP contribution in [-0.4, -0.2) is 19.5 Å². The van der Waals surface area contributed by atoms with Crippen LogP contribution >= 0.6 is 0 Å². The first-order valence-corrected chi connectivity index (χ1v) is 7.62. The van der Waals surface area contributed by atoms with E-state index in [9.17, 15) is 13.2 Å². The SMILES string of the molecule is Cc1ccc(S(N)(=O)=O)cc1NC(=O)c1c(C)noc1C. The molecule has 2 aromatic rings. The van der Waals surface area contributed by atoms with E-state index in [0.717, 1.165) is 0 Å². The third-order valence-corrected chi connectivity index (χ3v) is 3.96. The van der Waals surface area contributed by atoms with Crippen molar-refractivity contribution in [1.82, 2.24) is 5.16 Å². The summed E-state index contributed by atoms with van der Waals surface area (Å²) in [5.41, 5.74) is 1.87. The Morgan fingerprint density at radius 3 is 2.48 bits per heavy atom. The minimum absolute atomic E-state index is 0.0674. The smallest absolute Gasteiger partial charge is 0.261 e. The van der Waals surface area contributed by atoms with E-state index in [-0.39, 0.29) is 4.90 Å². The molecule has 2 rings (SSSR count). The van der Waals surface area contributed by atoms with Crippen molar-refractivity contribution < 1.29 is 17.7 Å². The van der Waals surface area contributed by atoms with Crippen LogP contribution < -0.4 is 10.5 Å². The molecular weight excluding hydrogens is 294 g/mol. The minimum atomic E-state index is -3.83. The molecule has 0 bridgehead atoms. The van der Waals surface area contributed by atoms with E-state index < -0.39 is 15.9 Å². The highest BCUT2D eigenvalue weighted by atomic mass is 32.2. The van der Waals surface area contributed by atoms with Gasteiger partial charge in [-0.15, -0.1) is 0 Å². The van der Waals surface area contributed by atoms with Gasteiger partial charge in [0.25, 0.3) is 5.91 Å². The van der Waals surface area contributed by atoms with E-state index in [2.05, 4.69) is 10.5 Å². The van der Waals surface area contributed by atoms with Crippen molar-refractivity contribution in [2.45, 2.75) is 25.7 Å². The lowest BCUT2D eigenvalue weighted by Crippen LogP contribution is -2.16. The average molecular weight is 309 g/mol. The number of amides is 1. The molecule has 8 heteroatoms. The third-order valence-electron chi connectivity index (χ3n) is 3.05. The lowest BCUT2D eigenvalue weighted by molar-refractivity contribution is 0.102. The Labute approximate surface area is 122 Å². The molecule has 0 atom stereocenters. The fourth-order valence-electron chi connectivity index (χ4n) is 1.90. The van der Waals surface area contributed by atoms with Crippen LogP contribution in [0.4, 0.5) is 5.69 Å². The number of sulfonamides is 1. The number of hydrogen-bond donors (Lipinski definition) is 2. The molecule has 0 saturated heterocycles. The van der Waals surface area contributed by atoms with Crippen LogP contribution in [0.2, 0.25) is 0 Å². The summed E-state index contributed by atoms with van der Waals surface area (Å²) in [5, 5.41) is 11.4. The van der Waals surface area contributed by atoms with Crippen molar-refractivity contribution >= 4 is 21.6 Å². The van der Waals surface area contributed by atoms with Crippen molar-refractivity contribution in [2.24, 2.45) is 5.14 Å². The molecule has 3 N–H and O–H groups in total. The number of rotatable bonds is 3. The summed E-state index contributed by atoms with van der Waals surface area (Å²) in [6, 6.07) is 4.28. The Kier molecular flexibility index (Phi) is 3.84. The summed E-state index contributed by atoms with van der Waals surface area (Å²) in [6.07, 6.45) is 0. The second-order valence-electron chi connectivity index (χ2n) is 4.68. The van der Waals surface area contributed by atoms with Crippen molar-refractivity contribution in [3.05, 3.63) is 40.8 Å². The molecule has 0 aliphatic heterocycles. The number of benzene rings is 1. The van der Waals surface area contributed by atoms with Gasteiger partial charge in [-0.05, 0) is 38.5 Å². The molecule has 0 saturated carbocycles. The number of nitrogens with two attached hydrogens (primary N) is 1. The number of hydrogen-bond acceptors (Lipinski definition) is 5. The van der Waals surface area contributed by atoms with Crippen LogP contribution in [0, 0.1) is 20.8 Å². The van der Waals surface area contributed by atoms with E-state index in [4.69, 9.17) is 9.66 Å². The van der Waals surface area contributed by atoms with Gasteiger partial charge in [0.15, 0.2) is 0 Å². The summed E-state index contributed by atoms with van der Waals surface area (Å²) in [5.74, 6) is -0.0221. The maximum atomic E-state index is 12.2. The molecule has 21 heavy (non-hydrogen) atoms. The lowest BCUT2D eigenvalue weighted by atomic mass is 10.1. The van der Waals surface area contributed by atoms with Crippen LogP contribution in [0.25, 0.3) is 0 Å². The van der Waals surface area contributed by atoms with E-state index >= 15 is 0 Å². The van der Waals surface area contributed by atoms with Gasteiger partial charge in [-0.3, -0.25) is 4.79 Å². The number of aromatic nitrogens is 1. The third kappa shape index (κ3) is 3.11. The van der Waals surface area contributed by atoms with Crippen LogP contribution in [0.3, 0.4) is 0 Å². The monoisotopic (exact) mass is 309 g/mol. The quantitative estimate of drug-likeness (QED) is 0.891. The highest BCUT2D eigenvalue weighted by Crippen LogP contribution is 2.21. The zero-order chi connectivity index (χ0) is 15.8. The number of aryl methyl sites for hydroxylation is 3. The Bertz CT molecular complexity index is 789. The molecule has 1 heterocycles. The zero-order valence-corrected chi connectivity index (χ0v) is 12.6. The van der Waals surface area contributed by atoms with Gasteiger partial charge < -0.3 is 9.84 Å². The van der Waals surface area contributed by atoms with Crippen molar-refractivity contribution in [3.63, 3.8) is 0 Å². The molecule has 112 valence electrons. The Balaban J connectivity index is 2.38. The fourth-order valence-corrected chi connectivity index (χ4v) is 2.44. The summed E-state index contributed by atoms with van der Waals surface area (Å²) in [7, 11) is -3.83. The normalized spacial score (nSPS) is 11.4. The van der Waals surface area contributed by atoms with E-state index in [1.165, 1.54) is 12.1 Å². The van der Waals surface area contributed by atoms with Crippen LogP contribution in [0.1, 0.15) is 27.4 Å². The molecule has 0 fully saturated rings. The number of anilines is 1. The molecule has 0 spiro atoms. The molecule has 0 unspecified atom stereocenters. The number of nitrogens with one attached hydrogen (secondary N) is 1. The predicted octanol–water partition coefficient (Wildman–Crippen LogP) is 1.50. The first-order chi connectivity index (χ1) is 9.70. The van der Waals surface area contributed by atoms with Gasteiger partial charge in [0.05, 0.1) is 10.6 Å². The second-order valence-corrected chi connectivity index (χ2v) is 6.24. The average Bonchev–Trinajstić information content (AvgIpc) is 2.70. The highest BCUT2D eigenvalue weighted by Gasteiger charge is 2.19. The molecular formula is C13H15N3O4S. The number of carbonyl (C=O) groups excluding carboxylic acids is 1. The van der Waals surface area contributed by atoms with Gasteiger partial charge in [-0.1, -0.05) is 11.2 Å². The van der Waals surface area contributed by atoms with Crippen LogP contribution in [0.5, 0.6) is 0 Å². The maximum Gasteiger partial charge on any atom is 0.261 e. The molecule has 0 radical (unpaired) electrons. The molecule has 1 aromatic heterocycles. The largest absolute Gasteiger partial charge is 0.361 e. The van der Waals surface area contributed by atoms with Gasteiger partial charge >= 0.3 is 0 Å². The van der Waals surface area contributed by atoms with Crippen molar-refractivity contribution in [3.8, 4) is 0 Å². The summed E-state index contributed by atoms with van der Waals surface area (Å²) < 4.78 is 27.7. The number of primary sulfonamides is 1. The summed E-state index contributed by atoms with van der Waals surface area (Å²) in [6.45, 7) is 5.03. The first kappa shape index (κ1) is 15.2. The van der Waals surface area contributed by atoms with Gasteiger partial charge in [0, 0.05) is 5.69 Å². The van der Waals surface area contributed by atoms with E-state index in [1.807, 2.05) is 0 Å². The zero-order valence-electron chi connectivity index (χ0n) is 11.8. The first-order valence-electron chi connectivity index (χ1n) is 6.08. The van der Waals surface area contributed by atoms with Crippen LogP contribution in [-0.2, 0) is 10.0 Å². The topological polar surface area (TPSA) is 115 Å². The van der Waals surface area contributed by atoms with Gasteiger partial charge in [0.1, 0.15) is 11.3 Å². The molecule has 1 amide bonds. The van der Waals surface area contributed by atoms with Gasteiger partial charge in [-0.25, -0.2) is 13.6 Å². The summed E-state index contributed by atoms with van der Waals surface area (Å²) in [4.78, 5) is 12.2. The fraction of sp³-hybridized carbons (Fsp3) is 0.231. The lowest BCUT2D eigenvalue weighted by Gasteiger charge is -2.09. The van der Waals surface area contributed by atoms with Gasteiger partial charge in [0.2, 0.25) is 10.0 Å². The van der Waals surface area contributed by atoms with E-state index in [0.29, 0.717) is 28.3 Å². The molecule has 0 aliphatic carbocycles. The molecule has 7 nitrogen and oxygen atoms in total. The number of nitrogens with zero attached hydrogens (tertiary/aromatic N) is 1. The predicted molar refractivity (Wildman–Crippen MR) is 76.5 cm³/mol. The standard InChI is InChI=1S/C13H15N3O4S/c1-7-4-5-10(21(14,18)19)6-11(7)15-13(17)12-8(2)16-20-9(12)3/h4-6H,1-3H3,(H,15,17)(H2,14,18,19). The molecule has 0 aliphatic rings. The second kappa shape index (κ2) is 5.30. The Morgan fingerprint density at radius 1 is 1.29 bits per heavy atom. The Morgan fingerprint density at radius 2 is 1.95 bits per heavy atom. The van der Waals surface area contributed by atoms with Crippen LogP contribution in [0.15, 0.2) is 27.6 Å². The maximum absolute atomic E-state index is 12.2. The highest BCUT2D eigenvalue weighted by molar-refractivity contribution is 7.89. The Hall–Kier alpha value is -2.19. The number of carbonyl (C=O) groups is 1.